The van der Waals surface area contributed by atoms with E-state index in [-0.39, 0.29) is 30.3 Å². The molecule has 0 saturated carbocycles. The fourth-order valence-corrected chi connectivity index (χ4v) is 5.67. The summed E-state index contributed by atoms with van der Waals surface area (Å²) >= 11 is 6.49. The summed E-state index contributed by atoms with van der Waals surface area (Å²) in [5, 5.41) is 4.08. The minimum Gasteiger partial charge on any atom is -0.487 e. The van der Waals surface area contributed by atoms with Crippen molar-refractivity contribution in [3.8, 4) is 5.75 Å². The zero-order valence-corrected chi connectivity index (χ0v) is 25.1. The molecule has 3 aromatic carbocycles. The smallest absolute Gasteiger partial charge is 0.165 e. The highest BCUT2D eigenvalue weighted by Gasteiger charge is 2.45. The molecule has 2 unspecified atom stereocenters. The summed E-state index contributed by atoms with van der Waals surface area (Å²) in [5.41, 5.74) is 0.666. The number of rotatable bonds is 12. The highest BCUT2D eigenvalue weighted by molar-refractivity contribution is 7.90. The molecular formula is C31H30ClF2N3O5S. The minimum atomic E-state index is -3.24. The van der Waals surface area contributed by atoms with Gasteiger partial charge in [0.05, 0.1) is 29.2 Å². The van der Waals surface area contributed by atoms with E-state index in [1.165, 1.54) is 30.8 Å². The van der Waals surface area contributed by atoms with Crippen LogP contribution in [0.4, 0.5) is 20.3 Å². The molecule has 2 heterocycles. The van der Waals surface area contributed by atoms with E-state index < -0.39 is 27.4 Å². The normalized spacial score (nSPS) is 17.1. The van der Waals surface area contributed by atoms with E-state index in [1.807, 2.05) is 6.92 Å². The van der Waals surface area contributed by atoms with Crippen LogP contribution >= 0.6 is 11.6 Å². The first-order valence-electron chi connectivity index (χ1n) is 13.6. The average Bonchev–Trinajstić information content (AvgIpc) is 3.45. The van der Waals surface area contributed by atoms with Crippen LogP contribution < -0.4 is 10.1 Å². The van der Waals surface area contributed by atoms with Crippen LogP contribution in [0.2, 0.25) is 5.02 Å². The number of nitrogens with one attached hydrogen (secondary N) is 1. The Kier molecular flexibility index (Phi) is 9.14. The summed E-state index contributed by atoms with van der Waals surface area (Å²) in [5.74, 6) is -0.218. The van der Waals surface area contributed by atoms with Crippen molar-refractivity contribution >= 4 is 43.8 Å². The molecular weight excluding hydrogens is 600 g/mol. The third kappa shape index (κ3) is 7.06. The molecule has 0 bridgehead atoms. The van der Waals surface area contributed by atoms with Gasteiger partial charge in [0, 0.05) is 35.4 Å². The molecule has 1 aromatic heterocycles. The molecule has 1 N–H and O–H groups in total. The maximum atomic E-state index is 15.7. The minimum absolute atomic E-state index is 0.0454. The van der Waals surface area contributed by atoms with E-state index in [0.29, 0.717) is 51.6 Å². The van der Waals surface area contributed by atoms with E-state index in [9.17, 15) is 12.8 Å². The van der Waals surface area contributed by atoms with Crippen molar-refractivity contribution in [3.05, 3.63) is 101 Å². The van der Waals surface area contributed by atoms with Crippen LogP contribution in [0, 0.1) is 11.6 Å². The lowest BCUT2D eigenvalue weighted by atomic mass is 9.83. The second kappa shape index (κ2) is 12.8. The van der Waals surface area contributed by atoms with E-state index in [1.54, 1.807) is 42.5 Å². The van der Waals surface area contributed by atoms with Crippen molar-refractivity contribution in [2.45, 2.75) is 38.1 Å². The topological polar surface area (TPSA) is 99.6 Å². The van der Waals surface area contributed by atoms with Gasteiger partial charge in [0.15, 0.2) is 5.60 Å². The molecule has 43 heavy (non-hydrogen) atoms. The quantitative estimate of drug-likeness (QED) is 0.182. The van der Waals surface area contributed by atoms with Crippen molar-refractivity contribution in [1.82, 2.24) is 9.97 Å². The molecule has 1 aliphatic rings. The van der Waals surface area contributed by atoms with Crippen LogP contribution in [0.3, 0.4) is 0 Å². The second-order valence-electron chi connectivity index (χ2n) is 10.2. The van der Waals surface area contributed by atoms with Gasteiger partial charge in [0.2, 0.25) is 0 Å². The summed E-state index contributed by atoms with van der Waals surface area (Å²) in [4.78, 5) is 8.64. The summed E-state index contributed by atoms with van der Waals surface area (Å²) in [6.45, 7) is 1.97. The SMILES string of the molecule is CCC(OCCS(C)(=O)=O)C1(c2cc3c(Nc4ccc(OCc5cccc(F)c5)c(Cl)c4)ncnc3cc2F)CC=CO1. The molecule has 0 aliphatic carbocycles. The molecule has 0 radical (unpaired) electrons. The lowest BCUT2D eigenvalue weighted by Gasteiger charge is -2.37. The Bertz CT molecular complexity index is 1760. The lowest BCUT2D eigenvalue weighted by Crippen LogP contribution is -2.42. The van der Waals surface area contributed by atoms with E-state index in [4.69, 9.17) is 25.8 Å². The van der Waals surface area contributed by atoms with Gasteiger partial charge in [-0.25, -0.2) is 27.2 Å². The second-order valence-corrected chi connectivity index (χ2v) is 12.9. The summed E-state index contributed by atoms with van der Waals surface area (Å²) < 4.78 is 70.3. The first-order valence-corrected chi connectivity index (χ1v) is 16.0. The van der Waals surface area contributed by atoms with Crippen LogP contribution in [0.5, 0.6) is 5.75 Å². The predicted octanol–water partition coefficient (Wildman–Crippen LogP) is 6.85. The molecule has 8 nitrogen and oxygen atoms in total. The Balaban J connectivity index is 1.42. The summed E-state index contributed by atoms with van der Waals surface area (Å²) in [6, 6.07) is 14.2. The standard InChI is InChI=1S/C31H30ClF2N3O5S/c1-3-29(40-12-13-43(2,38)39)31(10-5-11-42-31)24-16-23-27(17-26(24)34)35-19-36-30(23)37-22-8-9-28(25(32)15-22)41-18-20-6-4-7-21(33)14-20/h4-9,11,14-17,19,29H,3,10,12-13,18H2,1-2H3,(H,35,36,37). The molecule has 0 saturated heterocycles. The molecule has 0 spiro atoms. The summed E-state index contributed by atoms with van der Waals surface area (Å²) in [7, 11) is -3.24. The first kappa shape index (κ1) is 30.7. The number of anilines is 2. The van der Waals surface area contributed by atoms with Crippen LogP contribution in [-0.4, -0.2) is 43.1 Å². The zero-order chi connectivity index (χ0) is 30.6. The Morgan fingerprint density at radius 2 is 1.98 bits per heavy atom. The largest absolute Gasteiger partial charge is 0.487 e. The lowest BCUT2D eigenvalue weighted by molar-refractivity contribution is -0.108. The van der Waals surface area contributed by atoms with Crippen molar-refractivity contribution < 1.29 is 31.4 Å². The van der Waals surface area contributed by atoms with Gasteiger partial charge < -0.3 is 19.5 Å². The fourth-order valence-electron chi connectivity index (χ4n) is 5.04. The molecule has 12 heteroatoms. The number of aromatic nitrogens is 2. The number of hydrogen-bond acceptors (Lipinski definition) is 8. The van der Waals surface area contributed by atoms with Gasteiger partial charge in [0.1, 0.15) is 52.1 Å². The zero-order valence-electron chi connectivity index (χ0n) is 23.5. The number of hydrogen-bond donors (Lipinski definition) is 1. The highest BCUT2D eigenvalue weighted by Crippen LogP contribution is 2.43. The Labute approximate surface area is 253 Å². The maximum absolute atomic E-state index is 15.7. The molecule has 0 fully saturated rings. The monoisotopic (exact) mass is 629 g/mol. The molecule has 5 rings (SSSR count). The molecule has 2 atom stereocenters. The van der Waals surface area contributed by atoms with Crippen LogP contribution in [-0.2, 0) is 31.5 Å². The third-order valence-corrected chi connectivity index (χ3v) is 8.32. The van der Waals surface area contributed by atoms with Gasteiger partial charge in [-0.05, 0) is 54.5 Å². The van der Waals surface area contributed by atoms with Crippen molar-refractivity contribution in [2.24, 2.45) is 0 Å². The van der Waals surface area contributed by atoms with Gasteiger partial charge in [-0.15, -0.1) is 0 Å². The number of benzene rings is 3. The molecule has 226 valence electrons. The van der Waals surface area contributed by atoms with Gasteiger partial charge >= 0.3 is 0 Å². The Morgan fingerprint density at radius 1 is 1.14 bits per heavy atom. The van der Waals surface area contributed by atoms with Gasteiger partial charge in [-0.1, -0.05) is 30.7 Å². The van der Waals surface area contributed by atoms with Gasteiger partial charge in [-0.2, -0.15) is 0 Å². The number of nitrogens with zero attached hydrogens (tertiary/aromatic N) is 2. The number of halogens is 3. The molecule has 4 aromatic rings. The number of ether oxygens (including phenoxy) is 3. The number of fused-ring (bicyclic) bond motifs is 1. The van der Waals surface area contributed by atoms with E-state index >= 15 is 4.39 Å². The van der Waals surface area contributed by atoms with Gasteiger partial charge in [-0.3, -0.25) is 0 Å². The Morgan fingerprint density at radius 3 is 2.67 bits per heavy atom. The average molecular weight is 630 g/mol. The van der Waals surface area contributed by atoms with Crippen molar-refractivity contribution in [3.63, 3.8) is 0 Å². The summed E-state index contributed by atoms with van der Waals surface area (Å²) in [6.07, 6.45) is 5.91. The van der Waals surface area contributed by atoms with Gasteiger partial charge in [0.25, 0.3) is 0 Å². The molecule has 0 amide bonds. The van der Waals surface area contributed by atoms with Crippen LogP contribution in [0.1, 0.15) is 30.9 Å². The third-order valence-electron chi connectivity index (χ3n) is 7.12. The van der Waals surface area contributed by atoms with Crippen LogP contribution in [0.25, 0.3) is 10.9 Å². The maximum Gasteiger partial charge on any atom is 0.165 e. The highest BCUT2D eigenvalue weighted by atomic mass is 35.5. The van der Waals surface area contributed by atoms with E-state index in [2.05, 4.69) is 15.3 Å². The molecule has 1 aliphatic heterocycles. The fraction of sp³-hybridized carbons (Fsp3) is 0.290. The van der Waals surface area contributed by atoms with Crippen molar-refractivity contribution in [1.29, 1.82) is 0 Å². The van der Waals surface area contributed by atoms with Crippen LogP contribution in [0.15, 0.2) is 73.3 Å². The first-order chi connectivity index (χ1) is 20.6. The number of sulfone groups is 1. The van der Waals surface area contributed by atoms with E-state index in [0.717, 1.165) is 6.26 Å². The predicted molar refractivity (Wildman–Crippen MR) is 161 cm³/mol. The van der Waals surface area contributed by atoms with Crippen molar-refractivity contribution in [2.75, 3.05) is 23.9 Å². The Hall–Kier alpha value is -3.80.